The maximum Gasteiger partial charge on any atom is 0.225 e. The molecule has 0 bridgehead atoms. The molecule has 0 radical (unpaired) electrons. The van der Waals surface area contributed by atoms with Crippen LogP contribution in [-0.4, -0.2) is 88.6 Å². The molecule has 0 heterocycles. The van der Waals surface area contributed by atoms with Crippen molar-refractivity contribution in [2.45, 2.75) is 19.3 Å². The highest BCUT2D eigenvalue weighted by Gasteiger charge is 2.38. The Balaban J connectivity index is 0. The number of amides is 3. The van der Waals surface area contributed by atoms with Gasteiger partial charge in [-0.3, -0.25) is 14.4 Å². The molecule has 0 spiro atoms. The van der Waals surface area contributed by atoms with Crippen LogP contribution in [0.15, 0.2) is 0 Å². The van der Waals surface area contributed by atoms with Crippen LogP contribution in [-0.2, 0) is 14.4 Å². The van der Waals surface area contributed by atoms with Crippen molar-refractivity contribution in [1.82, 2.24) is 16.0 Å². The summed E-state index contributed by atoms with van der Waals surface area (Å²) >= 11 is 0. The predicted octanol–water partition coefficient (Wildman–Crippen LogP) is -2.85. The smallest absolute Gasteiger partial charge is 0.225 e. The summed E-state index contributed by atoms with van der Waals surface area (Å²) in [5.74, 6) is -1.14. The summed E-state index contributed by atoms with van der Waals surface area (Å²) in [5.41, 5.74) is 0. The van der Waals surface area contributed by atoms with Gasteiger partial charge in [-0.05, 0) is 0 Å². The summed E-state index contributed by atoms with van der Waals surface area (Å²) in [7, 11) is -2.18. The Bertz CT molecular complexity index is 356. The molecule has 0 saturated heterocycles. The van der Waals surface area contributed by atoms with Crippen LogP contribution in [0.25, 0.3) is 0 Å². The van der Waals surface area contributed by atoms with Crippen LogP contribution in [0, 0.1) is 0 Å². The molecule has 0 aromatic heterocycles. The van der Waals surface area contributed by atoms with E-state index in [1.807, 2.05) is 0 Å². The first kappa shape index (κ1) is 25.9. The molecule has 0 aromatic carbocycles. The topological polar surface area (TPSA) is 198 Å². The molecule has 0 fully saturated rings. The third-order valence-electron chi connectivity index (χ3n) is 3.57. The molecule has 12 heteroatoms. The van der Waals surface area contributed by atoms with E-state index < -0.39 is 27.5 Å². The van der Waals surface area contributed by atoms with Gasteiger partial charge in [0.05, 0.1) is 37.7 Å². The highest BCUT2D eigenvalue weighted by Crippen LogP contribution is 2.59. The molecule has 0 rings (SSSR count). The molecule has 0 atom stereocenters. The fraction of sp³-hybridized carbons (Fsp3) is 0.769. The first-order valence-corrected chi connectivity index (χ1v) is 10.0. The highest BCUT2D eigenvalue weighted by molar-refractivity contribution is 7.75. The number of aliphatic hydroxyl groups is 4. The lowest BCUT2D eigenvalue weighted by Gasteiger charge is -2.25. The zero-order valence-electron chi connectivity index (χ0n) is 14.0. The van der Waals surface area contributed by atoms with Crippen molar-refractivity contribution in [3.05, 3.63) is 0 Å². The van der Waals surface area contributed by atoms with Gasteiger partial charge in [-0.15, -0.1) is 0 Å². The third-order valence-corrected chi connectivity index (χ3v) is 7.69. The van der Waals surface area contributed by atoms with Gasteiger partial charge >= 0.3 is 0 Å². The molecule has 8 N–H and O–H groups in total. The molecular weight excluding hydrogens is 357 g/mol. The molecular formula is C13H28N3O8P. The minimum absolute atomic E-state index is 0. The van der Waals surface area contributed by atoms with Crippen LogP contribution >= 0.6 is 7.26 Å². The van der Waals surface area contributed by atoms with Crippen LogP contribution in [0.2, 0.25) is 0 Å². The van der Waals surface area contributed by atoms with E-state index in [0.717, 1.165) is 0 Å². The van der Waals surface area contributed by atoms with E-state index in [1.54, 1.807) is 0 Å². The maximum atomic E-state index is 11.5. The average Bonchev–Trinajstić information content (AvgIpc) is 2.55. The van der Waals surface area contributed by atoms with Crippen LogP contribution < -0.4 is 16.0 Å². The Morgan fingerprint density at radius 2 is 0.920 bits per heavy atom. The summed E-state index contributed by atoms with van der Waals surface area (Å²) in [6.07, 6.45) is 0.961. The minimum Gasteiger partial charge on any atom is -0.870 e. The van der Waals surface area contributed by atoms with Gasteiger partial charge in [0, 0.05) is 7.26 Å². The second-order valence-corrected chi connectivity index (χ2v) is 9.49. The summed E-state index contributed by atoms with van der Waals surface area (Å²) in [6.45, 7) is -1.45. The van der Waals surface area contributed by atoms with E-state index in [1.165, 1.54) is 0 Å². The van der Waals surface area contributed by atoms with Crippen LogP contribution in [0.1, 0.15) is 19.3 Å². The number of hydrogen-bond donors (Lipinski definition) is 7. The van der Waals surface area contributed by atoms with Gasteiger partial charge in [-0.1, -0.05) is 0 Å². The zero-order valence-corrected chi connectivity index (χ0v) is 14.9. The second-order valence-electron chi connectivity index (χ2n) is 5.18. The van der Waals surface area contributed by atoms with Crippen molar-refractivity contribution in [3.8, 4) is 0 Å². The van der Waals surface area contributed by atoms with E-state index in [0.29, 0.717) is 18.5 Å². The zero-order chi connectivity index (χ0) is 18.4. The lowest BCUT2D eigenvalue weighted by Crippen LogP contribution is -2.30. The van der Waals surface area contributed by atoms with E-state index in [-0.39, 0.29) is 48.8 Å². The lowest BCUT2D eigenvalue weighted by molar-refractivity contribution is -0.122. The fourth-order valence-corrected chi connectivity index (χ4v) is 5.22. The third kappa shape index (κ3) is 11.8. The fourth-order valence-electron chi connectivity index (χ4n) is 2.09. The van der Waals surface area contributed by atoms with Crippen molar-refractivity contribution < 1.29 is 40.3 Å². The Labute approximate surface area is 146 Å². The highest BCUT2D eigenvalue weighted by atomic mass is 31.2. The molecule has 148 valence electrons. The number of rotatable bonds is 13. The van der Waals surface area contributed by atoms with Gasteiger partial charge in [-0.2, -0.15) is 0 Å². The van der Waals surface area contributed by atoms with Gasteiger partial charge in [0.1, 0.15) is 20.2 Å². The van der Waals surface area contributed by atoms with E-state index in [4.69, 9.17) is 15.3 Å². The molecule has 25 heavy (non-hydrogen) atoms. The van der Waals surface area contributed by atoms with Crippen molar-refractivity contribution in [2.24, 2.45) is 0 Å². The van der Waals surface area contributed by atoms with Crippen molar-refractivity contribution >= 4 is 25.0 Å². The summed E-state index contributed by atoms with van der Waals surface area (Å²) in [5, 5.41) is 42.5. The Morgan fingerprint density at radius 3 is 1.12 bits per heavy atom. The Kier molecular flexibility index (Phi) is 15.5. The standard InChI is InChI=1S/C13H26N3O7P.H2O/c17-7-14-11(21)1-4-24(10-20,5-2-12(22)15-8-18)6-3-13(23)16-9-19;/h17-20H,1-10H2,(H2-,14,15,16,21,22,23);1H2. The predicted molar refractivity (Wildman–Crippen MR) is 90.1 cm³/mol. The molecule has 0 aliphatic heterocycles. The van der Waals surface area contributed by atoms with E-state index >= 15 is 0 Å². The number of carbonyl (C=O) groups is 3. The van der Waals surface area contributed by atoms with Crippen LogP contribution in [0.3, 0.4) is 0 Å². The van der Waals surface area contributed by atoms with Gasteiger partial charge in [0.2, 0.25) is 17.7 Å². The molecule has 0 aliphatic rings. The monoisotopic (exact) mass is 385 g/mol. The molecule has 0 aliphatic carbocycles. The average molecular weight is 385 g/mol. The summed E-state index contributed by atoms with van der Waals surface area (Å²) < 4.78 is 0. The normalized spacial score (nSPS) is 10.6. The molecule has 0 saturated carbocycles. The van der Waals surface area contributed by atoms with E-state index in [2.05, 4.69) is 16.0 Å². The minimum atomic E-state index is -2.18. The van der Waals surface area contributed by atoms with Crippen molar-refractivity contribution in [3.63, 3.8) is 0 Å². The van der Waals surface area contributed by atoms with Crippen LogP contribution in [0.4, 0.5) is 0 Å². The van der Waals surface area contributed by atoms with Crippen molar-refractivity contribution in [1.29, 1.82) is 0 Å². The molecule has 3 amide bonds. The second kappa shape index (κ2) is 14.9. The van der Waals surface area contributed by atoms with Crippen molar-refractivity contribution in [2.75, 3.05) is 45.0 Å². The first-order valence-electron chi connectivity index (χ1n) is 7.51. The first-order chi connectivity index (χ1) is 11.4. The van der Waals surface area contributed by atoms with E-state index in [9.17, 15) is 19.5 Å². The Morgan fingerprint density at radius 1 is 0.640 bits per heavy atom. The maximum absolute atomic E-state index is 11.5. The quantitative estimate of drug-likeness (QED) is 0.130. The molecule has 0 unspecified atom stereocenters. The number of aliphatic hydroxyl groups excluding tert-OH is 4. The largest absolute Gasteiger partial charge is 0.870 e. The summed E-state index contributed by atoms with van der Waals surface area (Å²) in [6, 6.07) is 0. The Hall–Kier alpha value is -1.36. The molecule has 0 aromatic rings. The van der Waals surface area contributed by atoms with Gasteiger partial charge < -0.3 is 41.9 Å². The van der Waals surface area contributed by atoms with Crippen LogP contribution in [0.5, 0.6) is 0 Å². The summed E-state index contributed by atoms with van der Waals surface area (Å²) in [4.78, 5) is 34.6. The number of nitrogens with one attached hydrogen (secondary N) is 3. The lowest BCUT2D eigenvalue weighted by atomic mass is 10.4. The van der Waals surface area contributed by atoms with Gasteiger partial charge in [-0.25, -0.2) is 0 Å². The number of carbonyl (C=O) groups excluding carboxylic acids is 3. The molecule has 11 nitrogen and oxygen atoms in total. The number of hydrogen-bond acceptors (Lipinski definition) is 8. The van der Waals surface area contributed by atoms with Gasteiger partial charge in [0.25, 0.3) is 0 Å². The van der Waals surface area contributed by atoms with Gasteiger partial charge in [0.15, 0.2) is 6.35 Å². The SMILES string of the molecule is O=C(CC[P+](CO)(CCC(=O)NCO)CCC(=O)NCO)NCO.[OH-].